The molecule has 1 amide bonds. The van der Waals surface area contributed by atoms with Gasteiger partial charge in [-0.3, -0.25) is 9.48 Å². The highest BCUT2D eigenvalue weighted by Crippen LogP contribution is 2.31. The second kappa shape index (κ2) is 5.93. The first kappa shape index (κ1) is 16.5. The zero-order chi connectivity index (χ0) is 16.8. The third kappa shape index (κ3) is 2.91. The number of carbonyl (C=O) groups is 1. The van der Waals surface area contributed by atoms with Crippen molar-refractivity contribution in [2.24, 2.45) is 0 Å². The van der Waals surface area contributed by atoms with Gasteiger partial charge in [0, 0.05) is 12.2 Å². The molecule has 1 saturated carbocycles. The molecule has 3 rings (SSSR count). The normalized spacial score (nSPS) is 25.3. The van der Waals surface area contributed by atoms with Crippen molar-refractivity contribution in [3.05, 3.63) is 17.0 Å². The van der Waals surface area contributed by atoms with E-state index in [0.717, 1.165) is 29.8 Å². The number of carbonyl (C=O) groups excluding carboxylic acids is 1. The van der Waals surface area contributed by atoms with E-state index in [2.05, 4.69) is 30.8 Å². The van der Waals surface area contributed by atoms with Crippen molar-refractivity contribution >= 4 is 5.91 Å². The second-order valence-electron chi connectivity index (χ2n) is 7.89. The van der Waals surface area contributed by atoms with Crippen LogP contribution in [0.15, 0.2) is 0 Å². The smallest absolute Gasteiger partial charge is 0.258 e. The highest BCUT2D eigenvalue weighted by molar-refractivity contribution is 5.96. The first-order chi connectivity index (χ1) is 10.8. The molecule has 1 aliphatic heterocycles. The van der Waals surface area contributed by atoms with Crippen LogP contribution in [-0.4, -0.2) is 45.9 Å². The molecule has 2 heterocycles. The van der Waals surface area contributed by atoms with E-state index in [9.17, 15) is 4.79 Å². The number of ether oxygens (including phenoxy) is 1. The zero-order valence-electron chi connectivity index (χ0n) is 15.1. The number of rotatable bonds is 1. The molecule has 2 fully saturated rings. The maximum absolute atomic E-state index is 13.3. The Kier molecular flexibility index (Phi) is 4.25. The van der Waals surface area contributed by atoms with E-state index in [1.807, 2.05) is 18.5 Å². The third-order valence-corrected chi connectivity index (χ3v) is 5.13. The Morgan fingerprint density at radius 3 is 2.57 bits per heavy atom. The van der Waals surface area contributed by atoms with Gasteiger partial charge in [0.15, 0.2) is 0 Å². The largest absolute Gasteiger partial charge is 0.374 e. The van der Waals surface area contributed by atoms with Crippen LogP contribution < -0.4 is 0 Å². The van der Waals surface area contributed by atoms with Gasteiger partial charge in [0.1, 0.15) is 0 Å². The van der Waals surface area contributed by atoms with Gasteiger partial charge in [-0.05, 0) is 47.5 Å². The topological polar surface area (TPSA) is 47.4 Å². The molecule has 1 aromatic heterocycles. The van der Waals surface area contributed by atoms with Crippen LogP contribution in [0.3, 0.4) is 0 Å². The van der Waals surface area contributed by atoms with Crippen LogP contribution in [0, 0.1) is 13.8 Å². The minimum Gasteiger partial charge on any atom is -0.374 e. The van der Waals surface area contributed by atoms with Crippen LogP contribution in [0.1, 0.15) is 68.2 Å². The fourth-order valence-corrected chi connectivity index (χ4v) is 4.10. The van der Waals surface area contributed by atoms with Gasteiger partial charge >= 0.3 is 0 Å². The van der Waals surface area contributed by atoms with Gasteiger partial charge in [0.2, 0.25) is 0 Å². The van der Waals surface area contributed by atoms with Gasteiger partial charge in [0.05, 0.1) is 35.5 Å². The minimum absolute atomic E-state index is 0.119. The Labute approximate surface area is 139 Å². The van der Waals surface area contributed by atoms with E-state index < -0.39 is 0 Å². The monoisotopic (exact) mass is 319 g/mol. The van der Waals surface area contributed by atoms with Crippen LogP contribution in [0.2, 0.25) is 0 Å². The van der Waals surface area contributed by atoms with Crippen molar-refractivity contribution in [2.75, 3.05) is 13.2 Å². The molecule has 128 valence electrons. The van der Waals surface area contributed by atoms with E-state index in [1.165, 1.54) is 12.8 Å². The van der Waals surface area contributed by atoms with Gasteiger partial charge in [0.25, 0.3) is 5.91 Å². The number of amides is 1. The quantitative estimate of drug-likeness (QED) is 0.799. The first-order valence-corrected chi connectivity index (χ1v) is 8.80. The van der Waals surface area contributed by atoms with Crippen LogP contribution in [0.5, 0.6) is 0 Å². The lowest BCUT2D eigenvalue weighted by Gasteiger charge is -2.43. The summed E-state index contributed by atoms with van der Waals surface area (Å²) in [5.41, 5.74) is 2.47. The molecule has 1 aromatic rings. The fourth-order valence-electron chi connectivity index (χ4n) is 4.10. The molecule has 1 aliphatic carbocycles. The number of morpholine rings is 1. The SMILES string of the molecule is Cc1nn(C(C)(C)C)c(C)c1C(=O)N1CCO[C@H]2CCCC[C@H]21. The Balaban J connectivity index is 1.92. The standard InChI is InChI=1S/C18H29N3O2/c1-12-16(13(2)21(19-12)18(3,4)5)17(22)20-10-11-23-15-9-7-6-8-14(15)20/h14-15H,6-11H2,1-5H3/t14-,15+/m1/s1. The summed E-state index contributed by atoms with van der Waals surface area (Å²) in [4.78, 5) is 15.3. The summed E-state index contributed by atoms with van der Waals surface area (Å²) < 4.78 is 7.88. The molecule has 0 radical (unpaired) electrons. The lowest BCUT2D eigenvalue weighted by molar-refractivity contribution is -0.0753. The molecule has 2 atom stereocenters. The molecule has 23 heavy (non-hydrogen) atoms. The molecule has 0 bridgehead atoms. The summed E-state index contributed by atoms with van der Waals surface area (Å²) in [5.74, 6) is 0.135. The average molecular weight is 319 g/mol. The van der Waals surface area contributed by atoms with E-state index >= 15 is 0 Å². The predicted molar refractivity (Wildman–Crippen MR) is 89.7 cm³/mol. The minimum atomic E-state index is -0.119. The summed E-state index contributed by atoms with van der Waals surface area (Å²) in [5, 5.41) is 4.64. The summed E-state index contributed by atoms with van der Waals surface area (Å²) in [6, 6.07) is 0.238. The Morgan fingerprint density at radius 1 is 1.22 bits per heavy atom. The van der Waals surface area contributed by atoms with Gasteiger partial charge < -0.3 is 9.64 Å². The van der Waals surface area contributed by atoms with Crippen molar-refractivity contribution < 1.29 is 9.53 Å². The summed E-state index contributed by atoms with van der Waals surface area (Å²) in [6.07, 6.45) is 4.76. The molecule has 0 spiro atoms. The Bertz CT molecular complexity index is 598. The van der Waals surface area contributed by atoms with Crippen molar-refractivity contribution in [3.8, 4) is 0 Å². The van der Waals surface area contributed by atoms with E-state index in [1.54, 1.807) is 0 Å². The van der Waals surface area contributed by atoms with Crippen LogP contribution in [0.4, 0.5) is 0 Å². The summed E-state index contributed by atoms with van der Waals surface area (Å²) in [7, 11) is 0. The molecule has 1 saturated heterocycles. The molecule has 0 N–H and O–H groups in total. The van der Waals surface area contributed by atoms with Gasteiger partial charge in [-0.15, -0.1) is 0 Å². The molecular weight excluding hydrogens is 290 g/mol. The molecule has 2 aliphatic rings. The fraction of sp³-hybridized carbons (Fsp3) is 0.778. The number of fused-ring (bicyclic) bond motifs is 1. The zero-order valence-corrected chi connectivity index (χ0v) is 15.1. The number of hydrogen-bond donors (Lipinski definition) is 0. The molecule has 5 heteroatoms. The van der Waals surface area contributed by atoms with E-state index in [4.69, 9.17) is 4.74 Å². The summed E-state index contributed by atoms with van der Waals surface area (Å²) >= 11 is 0. The first-order valence-electron chi connectivity index (χ1n) is 8.80. The van der Waals surface area contributed by atoms with E-state index in [0.29, 0.717) is 13.2 Å². The van der Waals surface area contributed by atoms with Gasteiger partial charge in [-0.1, -0.05) is 12.8 Å². The van der Waals surface area contributed by atoms with Crippen LogP contribution in [0.25, 0.3) is 0 Å². The molecule has 5 nitrogen and oxygen atoms in total. The highest BCUT2D eigenvalue weighted by atomic mass is 16.5. The maximum atomic E-state index is 13.3. The van der Waals surface area contributed by atoms with E-state index in [-0.39, 0.29) is 23.6 Å². The summed E-state index contributed by atoms with van der Waals surface area (Å²) in [6.45, 7) is 11.7. The predicted octanol–water partition coefficient (Wildman–Crippen LogP) is 3.04. The Hall–Kier alpha value is -1.36. The second-order valence-corrected chi connectivity index (χ2v) is 7.89. The lowest BCUT2D eigenvalue weighted by atomic mass is 9.89. The number of nitrogens with zero attached hydrogens (tertiary/aromatic N) is 3. The number of aromatic nitrogens is 2. The lowest BCUT2D eigenvalue weighted by Crippen LogP contribution is -2.55. The molecule has 0 aromatic carbocycles. The van der Waals surface area contributed by atoms with Gasteiger partial charge in [-0.2, -0.15) is 5.10 Å². The van der Waals surface area contributed by atoms with Crippen molar-refractivity contribution in [1.29, 1.82) is 0 Å². The van der Waals surface area contributed by atoms with Crippen molar-refractivity contribution in [3.63, 3.8) is 0 Å². The molecule has 0 unspecified atom stereocenters. The Morgan fingerprint density at radius 2 is 1.91 bits per heavy atom. The number of aryl methyl sites for hydroxylation is 1. The van der Waals surface area contributed by atoms with Crippen LogP contribution >= 0.6 is 0 Å². The van der Waals surface area contributed by atoms with Crippen molar-refractivity contribution in [1.82, 2.24) is 14.7 Å². The van der Waals surface area contributed by atoms with Gasteiger partial charge in [-0.25, -0.2) is 0 Å². The average Bonchev–Trinajstić information content (AvgIpc) is 2.81. The van der Waals surface area contributed by atoms with Crippen LogP contribution in [-0.2, 0) is 10.3 Å². The van der Waals surface area contributed by atoms with Crippen molar-refractivity contribution in [2.45, 2.75) is 78.0 Å². The third-order valence-electron chi connectivity index (χ3n) is 5.13. The highest BCUT2D eigenvalue weighted by Gasteiger charge is 2.38. The maximum Gasteiger partial charge on any atom is 0.258 e. The number of hydrogen-bond acceptors (Lipinski definition) is 3. The molecular formula is C18H29N3O2.